The van der Waals surface area contributed by atoms with Gasteiger partial charge in [-0.1, -0.05) is 30.0 Å². The Hall–Kier alpha value is -2.36. The summed E-state index contributed by atoms with van der Waals surface area (Å²) in [5.74, 6) is 1.11. The third-order valence-corrected chi connectivity index (χ3v) is 5.53. The van der Waals surface area contributed by atoms with E-state index in [1.807, 2.05) is 24.3 Å². The minimum Gasteiger partial charge on any atom is -0.496 e. The Morgan fingerprint density at radius 3 is 2.88 bits per heavy atom. The van der Waals surface area contributed by atoms with Crippen molar-refractivity contribution in [1.82, 2.24) is 9.88 Å². The number of carbonyl (C=O) groups is 1. The third-order valence-electron chi connectivity index (χ3n) is 4.41. The molecular formula is C20H21N3O2S. The Bertz CT molecular complexity index is 889. The van der Waals surface area contributed by atoms with E-state index in [1.54, 1.807) is 14.0 Å². The molecule has 1 aromatic heterocycles. The average Bonchev–Trinajstić information content (AvgIpc) is 2.65. The Kier molecular flexibility index (Phi) is 5.60. The van der Waals surface area contributed by atoms with Crippen molar-refractivity contribution < 1.29 is 9.53 Å². The Morgan fingerprint density at radius 2 is 2.19 bits per heavy atom. The van der Waals surface area contributed by atoms with Crippen LogP contribution in [-0.4, -0.2) is 42.1 Å². The van der Waals surface area contributed by atoms with Crippen LogP contribution in [0.5, 0.6) is 5.75 Å². The number of benzene rings is 1. The number of nitrogens with zero attached hydrogens (tertiary/aromatic N) is 3. The number of thioether (sulfide) groups is 1. The first kappa shape index (κ1) is 18.4. The normalized spacial score (nSPS) is 13.8. The number of ether oxygens (including phenoxy) is 1. The van der Waals surface area contributed by atoms with E-state index < -0.39 is 0 Å². The number of methoxy groups -OCH3 is 1. The van der Waals surface area contributed by atoms with E-state index in [9.17, 15) is 10.1 Å². The standard InChI is InChI=1S/C20H21N3O2S/c1-13(24)12-26-20-15(10-21)19(14-6-4-5-7-18(14)25-3)16-11-23(2)9-8-17(16)22-20/h4-7H,8-9,11-12H2,1-3H3. The van der Waals surface area contributed by atoms with E-state index in [2.05, 4.69) is 18.0 Å². The maximum Gasteiger partial charge on any atom is 0.140 e. The first-order valence-corrected chi connectivity index (χ1v) is 9.43. The van der Waals surface area contributed by atoms with Gasteiger partial charge in [0.05, 0.1) is 18.4 Å². The third kappa shape index (κ3) is 3.59. The number of ketones is 1. The molecule has 26 heavy (non-hydrogen) atoms. The molecule has 0 atom stereocenters. The van der Waals surface area contributed by atoms with E-state index >= 15 is 0 Å². The summed E-state index contributed by atoms with van der Waals surface area (Å²) >= 11 is 1.34. The molecule has 6 heteroatoms. The fourth-order valence-electron chi connectivity index (χ4n) is 3.20. The summed E-state index contributed by atoms with van der Waals surface area (Å²) in [6.45, 7) is 3.21. The number of rotatable bonds is 5. The second-order valence-corrected chi connectivity index (χ2v) is 7.35. The van der Waals surface area contributed by atoms with Crippen LogP contribution in [0.2, 0.25) is 0 Å². The highest BCUT2D eigenvalue weighted by atomic mass is 32.2. The molecule has 0 amide bonds. The van der Waals surface area contributed by atoms with Crippen molar-refractivity contribution in [2.24, 2.45) is 0 Å². The maximum atomic E-state index is 11.4. The number of hydrogen-bond donors (Lipinski definition) is 0. The molecule has 0 fully saturated rings. The molecule has 2 heterocycles. The molecule has 134 valence electrons. The van der Waals surface area contributed by atoms with Gasteiger partial charge in [-0.3, -0.25) is 4.79 Å². The van der Waals surface area contributed by atoms with Gasteiger partial charge in [0.2, 0.25) is 0 Å². The van der Waals surface area contributed by atoms with E-state index in [-0.39, 0.29) is 5.78 Å². The number of para-hydroxylation sites is 1. The molecule has 0 aliphatic carbocycles. The van der Waals surface area contributed by atoms with Gasteiger partial charge in [0.25, 0.3) is 0 Å². The van der Waals surface area contributed by atoms with E-state index in [1.165, 1.54) is 11.8 Å². The highest BCUT2D eigenvalue weighted by Crippen LogP contribution is 2.40. The van der Waals surface area contributed by atoms with Crippen molar-refractivity contribution in [2.45, 2.75) is 24.9 Å². The van der Waals surface area contributed by atoms with Crippen LogP contribution in [0.15, 0.2) is 29.3 Å². The molecular weight excluding hydrogens is 346 g/mol. The lowest BCUT2D eigenvalue weighted by Crippen LogP contribution is -2.28. The van der Waals surface area contributed by atoms with Crippen LogP contribution in [-0.2, 0) is 17.8 Å². The number of likely N-dealkylation sites (N-methyl/N-ethyl adjacent to an activating group) is 1. The molecule has 5 nitrogen and oxygen atoms in total. The van der Waals surface area contributed by atoms with Gasteiger partial charge < -0.3 is 9.64 Å². The summed E-state index contributed by atoms with van der Waals surface area (Å²) in [4.78, 5) is 18.4. The lowest BCUT2D eigenvalue weighted by molar-refractivity contribution is -0.114. The topological polar surface area (TPSA) is 66.2 Å². The molecule has 0 bridgehead atoms. The predicted octanol–water partition coefficient (Wildman–Crippen LogP) is 3.30. The molecule has 1 aliphatic rings. The molecule has 0 saturated heterocycles. The quantitative estimate of drug-likeness (QED) is 0.756. The molecule has 1 aliphatic heterocycles. The number of nitriles is 1. The van der Waals surface area contributed by atoms with Crippen molar-refractivity contribution in [3.8, 4) is 22.9 Å². The second kappa shape index (κ2) is 7.90. The molecule has 0 saturated carbocycles. The first-order valence-electron chi connectivity index (χ1n) is 8.45. The molecule has 0 radical (unpaired) electrons. The predicted molar refractivity (Wildman–Crippen MR) is 102 cm³/mol. The Balaban J connectivity index is 2.27. The van der Waals surface area contributed by atoms with Crippen molar-refractivity contribution in [1.29, 1.82) is 5.26 Å². The lowest BCUT2D eigenvalue weighted by atomic mass is 9.91. The summed E-state index contributed by atoms with van der Waals surface area (Å²) < 4.78 is 5.55. The fraction of sp³-hybridized carbons (Fsp3) is 0.350. The van der Waals surface area contributed by atoms with Gasteiger partial charge in [0.1, 0.15) is 22.6 Å². The van der Waals surface area contributed by atoms with E-state index in [0.29, 0.717) is 16.3 Å². The number of fused-ring (bicyclic) bond motifs is 1. The minimum atomic E-state index is 0.0667. The number of carbonyl (C=O) groups excluding carboxylic acids is 1. The highest BCUT2D eigenvalue weighted by molar-refractivity contribution is 8.00. The van der Waals surface area contributed by atoms with Crippen LogP contribution in [0.1, 0.15) is 23.7 Å². The van der Waals surface area contributed by atoms with Gasteiger partial charge >= 0.3 is 0 Å². The monoisotopic (exact) mass is 367 g/mol. The molecule has 2 aromatic rings. The molecule has 3 rings (SSSR count). The number of Topliss-reactive ketones (excluding diaryl/α,β-unsaturated/α-hetero) is 1. The van der Waals surface area contributed by atoms with Crippen LogP contribution < -0.4 is 4.74 Å². The molecule has 0 N–H and O–H groups in total. The summed E-state index contributed by atoms with van der Waals surface area (Å²) in [7, 11) is 3.70. The van der Waals surface area contributed by atoms with E-state index in [4.69, 9.17) is 9.72 Å². The minimum absolute atomic E-state index is 0.0667. The number of pyridine rings is 1. The van der Waals surface area contributed by atoms with Gasteiger partial charge in [-0.15, -0.1) is 0 Å². The zero-order valence-electron chi connectivity index (χ0n) is 15.2. The largest absolute Gasteiger partial charge is 0.496 e. The average molecular weight is 367 g/mol. The summed E-state index contributed by atoms with van der Waals surface area (Å²) in [5.41, 5.74) is 4.38. The van der Waals surface area contributed by atoms with Crippen LogP contribution >= 0.6 is 11.8 Å². The van der Waals surface area contributed by atoms with Crippen molar-refractivity contribution >= 4 is 17.5 Å². The smallest absolute Gasteiger partial charge is 0.140 e. The number of aromatic nitrogens is 1. The molecule has 0 unspecified atom stereocenters. The summed E-state index contributed by atoms with van der Waals surface area (Å²) in [6, 6.07) is 10.1. The van der Waals surface area contributed by atoms with Gasteiger partial charge in [0.15, 0.2) is 0 Å². The summed E-state index contributed by atoms with van der Waals surface area (Å²) in [6.07, 6.45) is 0.827. The Morgan fingerprint density at radius 1 is 1.42 bits per heavy atom. The Labute approximate surface area is 158 Å². The van der Waals surface area contributed by atoms with Gasteiger partial charge in [-0.05, 0) is 25.6 Å². The van der Waals surface area contributed by atoms with Crippen LogP contribution in [0.25, 0.3) is 11.1 Å². The van der Waals surface area contributed by atoms with Crippen LogP contribution in [0.3, 0.4) is 0 Å². The van der Waals surface area contributed by atoms with Gasteiger partial charge in [0, 0.05) is 36.3 Å². The molecule has 0 spiro atoms. The summed E-state index contributed by atoms with van der Waals surface area (Å²) in [5, 5.41) is 10.5. The number of hydrogen-bond acceptors (Lipinski definition) is 6. The lowest BCUT2D eigenvalue weighted by Gasteiger charge is -2.28. The zero-order valence-corrected chi connectivity index (χ0v) is 16.0. The zero-order chi connectivity index (χ0) is 18.7. The first-order chi connectivity index (χ1) is 12.5. The van der Waals surface area contributed by atoms with Crippen LogP contribution in [0, 0.1) is 11.3 Å². The fourth-order valence-corrected chi connectivity index (χ4v) is 4.00. The van der Waals surface area contributed by atoms with Gasteiger partial charge in [-0.25, -0.2) is 4.98 Å². The van der Waals surface area contributed by atoms with E-state index in [0.717, 1.165) is 47.6 Å². The molecule has 1 aromatic carbocycles. The van der Waals surface area contributed by atoms with Crippen molar-refractivity contribution in [3.63, 3.8) is 0 Å². The maximum absolute atomic E-state index is 11.4. The van der Waals surface area contributed by atoms with Gasteiger partial charge in [-0.2, -0.15) is 5.26 Å². The van der Waals surface area contributed by atoms with Crippen molar-refractivity contribution in [3.05, 3.63) is 41.1 Å². The van der Waals surface area contributed by atoms with Crippen molar-refractivity contribution in [2.75, 3.05) is 26.5 Å². The highest BCUT2D eigenvalue weighted by Gasteiger charge is 2.26. The second-order valence-electron chi connectivity index (χ2n) is 6.38. The SMILES string of the molecule is COc1ccccc1-c1c(C#N)c(SCC(C)=O)nc2c1CN(C)CC2. The van der Waals surface area contributed by atoms with Crippen LogP contribution in [0.4, 0.5) is 0 Å².